The summed E-state index contributed by atoms with van der Waals surface area (Å²) in [5.74, 6) is -3.05. The number of ether oxygens (including phenoxy) is 5. The number of carbonyl (C=O) groups is 7. The van der Waals surface area contributed by atoms with Gasteiger partial charge in [0.1, 0.15) is 53.9 Å². The largest absolute Gasteiger partial charge is 0.461 e. The molecular weight excluding hydrogens is 787 g/mol. The predicted octanol–water partition coefficient (Wildman–Crippen LogP) is 1.69. The van der Waals surface area contributed by atoms with Gasteiger partial charge in [-0.05, 0) is 53.5 Å². The van der Waals surface area contributed by atoms with Gasteiger partial charge in [0.15, 0.2) is 0 Å². The number of esters is 3. The zero-order chi connectivity index (χ0) is 42.4. The first-order chi connectivity index (χ1) is 26.4. The van der Waals surface area contributed by atoms with E-state index in [1.807, 2.05) is 0 Å². The summed E-state index contributed by atoms with van der Waals surface area (Å²) in [5.41, 5.74) is -1.74. The zero-order valence-corrected chi connectivity index (χ0v) is 35.2. The van der Waals surface area contributed by atoms with Gasteiger partial charge in [0.05, 0.1) is 24.9 Å². The third kappa shape index (κ3) is 9.45. The molecule has 3 saturated heterocycles. The molecule has 4 aliphatic heterocycles. The lowest BCUT2D eigenvalue weighted by atomic mass is 9.82. The second kappa shape index (κ2) is 16.4. The Balaban J connectivity index is 1.13. The molecule has 5 rings (SSSR count). The van der Waals surface area contributed by atoms with Gasteiger partial charge in [-0.3, -0.25) is 24.0 Å². The van der Waals surface area contributed by atoms with Crippen molar-refractivity contribution in [3.05, 3.63) is 23.2 Å². The SMILES string of the molecule is CC(=O)OCC1=C(C(=O)OCCCn2cc(COC(=O)[C@H]3N4C(=O)[C@H](NC(=O)OC(C)(C)C)[C@@H]4C(S)C3(C)C)nn2)N2C(=O)[C@H](NC(=O)OC(C)(C)C)[C@@H]2C(S)C1. The van der Waals surface area contributed by atoms with E-state index < -0.39 is 99.2 Å². The van der Waals surface area contributed by atoms with Crippen LogP contribution >= 0.6 is 25.3 Å². The predicted molar refractivity (Wildman–Crippen MR) is 204 cm³/mol. The van der Waals surface area contributed by atoms with Crippen LogP contribution in [0.25, 0.3) is 0 Å². The molecule has 3 fully saturated rings. The highest BCUT2D eigenvalue weighted by molar-refractivity contribution is 7.81. The fourth-order valence-electron chi connectivity index (χ4n) is 7.27. The van der Waals surface area contributed by atoms with Gasteiger partial charge in [-0.1, -0.05) is 19.1 Å². The average Bonchev–Trinajstić information content (AvgIpc) is 3.61. The number of rotatable bonds is 12. The quantitative estimate of drug-likeness (QED) is 0.0773. The first-order valence-electron chi connectivity index (χ1n) is 18.5. The first kappa shape index (κ1) is 43.6. The Hall–Kier alpha value is -4.53. The van der Waals surface area contributed by atoms with Crippen molar-refractivity contribution in [2.75, 3.05) is 13.2 Å². The summed E-state index contributed by atoms with van der Waals surface area (Å²) in [4.78, 5) is 92.3. The topological polar surface area (TPSA) is 227 Å². The van der Waals surface area contributed by atoms with Crippen molar-refractivity contribution in [3.63, 3.8) is 0 Å². The fraction of sp³-hybridized carbons (Fsp3) is 0.694. The molecule has 19 nitrogen and oxygen atoms in total. The molecule has 0 aliphatic carbocycles. The molecule has 0 bridgehead atoms. The van der Waals surface area contributed by atoms with E-state index in [1.54, 1.807) is 61.6 Å². The van der Waals surface area contributed by atoms with Gasteiger partial charge in [0.2, 0.25) is 5.91 Å². The van der Waals surface area contributed by atoms with Crippen molar-refractivity contribution in [1.29, 1.82) is 0 Å². The molecule has 0 aromatic carbocycles. The molecule has 57 heavy (non-hydrogen) atoms. The maximum absolute atomic E-state index is 13.4. The van der Waals surface area contributed by atoms with Crippen LogP contribution in [0.5, 0.6) is 0 Å². The van der Waals surface area contributed by atoms with Crippen LogP contribution in [0.4, 0.5) is 9.59 Å². The second-order valence-corrected chi connectivity index (χ2v) is 18.1. The summed E-state index contributed by atoms with van der Waals surface area (Å²) in [7, 11) is 0. The van der Waals surface area contributed by atoms with Crippen LogP contribution in [0.2, 0.25) is 0 Å². The normalized spacial score (nSPS) is 26.3. The van der Waals surface area contributed by atoms with Crippen molar-refractivity contribution in [1.82, 2.24) is 35.4 Å². The number of alkyl carbamates (subject to hydrolysis) is 2. The number of hydrogen-bond acceptors (Lipinski definition) is 16. The first-order valence-corrected chi connectivity index (χ1v) is 19.5. The zero-order valence-electron chi connectivity index (χ0n) is 33.4. The maximum Gasteiger partial charge on any atom is 0.408 e. The summed E-state index contributed by atoms with van der Waals surface area (Å²) >= 11 is 9.34. The van der Waals surface area contributed by atoms with Crippen LogP contribution < -0.4 is 10.6 Å². The summed E-state index contributed by atoms with van der Waals surface area (Å²) in [5, 5.41) is 12.3. The Bertz CT molecular complexity index is 1840. The Labute approximate surface area is 341 Å². The summed E-state index contributed by atoms with van der Waals surface area (Å²) in [6.45, 7) is 14.7. The molecule has 1 aromatic heterocycles. The minimum absolute atomic E-state index is 0.0700. The number of β-lactam (4-membered cyclic amide) rings is 2. The number of aryl methyl sites for hydroxylation is 1. The van der Waals surface area contributed by atoms with Crippen LogP contribution in [0.3, 0.4) is 0 Å². The van der Waals surface area contributed by atoms with Gasteiger partial charge < -0.3 is 39.2 Å². The number of hydrogen-bond donors (Lipinski definition) is 4. The van der Waals surface area contributed by atoms with Crippen molar-refractivity contribution >= 4 is 67.2 Å². The van der Waals surface area contributed by atoms with E-state index in [0.717, 1.165) is 0 Å². The van der Waals surface area contributed by atoms with E-state index in [0.29, 0.717) is 11.3 Å². The van der Waals surface area contributed by atoms with Crippen molar-refractivity contribution in [2.45, 2.75) is 140 Å². The second-order valence-electron chi connectivity index (χ2n) is 16.9. The van der Waals surface area contributed by atoms with Crippen LogP contribution in [0.15, 0.2) is 17.5 Å². The molecule has 4 aliphatic rings. The number of nitrogens with zero attached hydrogens (tertiary/aromatic N) is 5. The van der Waals surface area contributed by atoms with Crippen LogP contribution in [-0.4, -0.2) is 132 Å². The van der Waals surface area contributed by atoms with Crippen LogP contribution in [0.1, 0.15) is 80.8 Å². The Morgan fingerprint density at radius 2 is 1.47 bits per heavy atom. The highest BCUT2D eigenvalue weighted by Crippen LogP contribution is 2.50. The third-order valence-corrected chi connectivity index (χ3v) is 11.2. The summed E-state index contributed by atoms with van der Waals surface area (Å²) < 4.78 is 28.3. The highest BCUT2D eigenvalue weighted by atomic mass is 32.1. The van der Waals surface area contributed by atoms with Gasteiger partial charge in [-0.15, -0.1) is 5.10 Å². The molecule has 1 aromatic rings. The van der Waals surface area contributed by atoms with Gasteiger partial charge in [0, 0.05) is 35.8 Å². The van der Waals surface area contributed by atoms with E-state index in [4.69, 9.17) is 36.3 Å². The van der Waals surface area contributed by atoms with Crippen LogP contribution in [-0.2, 0) is 60.8 Å². The maximum atomic E-state index is 13.4. The van der Waals surface area contributed by atoms with Gasteiger partial charge >= 0.3 is 30.1 Å². The smallest absolute Gasteiger partial charge is 0.408 e. The Morgan fingerprint density at radius 1 is 0.877 bits per heavy atom. The summed E-state index contributed by atoms with van der Waals surface area (Å²) in [6.07, 6.45) is 0.498. The molecule has 2 N–H and O–H groups in total. The van der Waals surface area contributed by atoms with Crippen molar-refractivity contribution in [2.24, 2.45) is 5.41 Å². The van der Waals surface area contributed by atoms with Gasteiger partial charge in [0.25, 0.3) is 5.91 Å². The van der Waals surface area contributed by atoms with E-state index in [1.165, 1.54) is 21.4 Å². The van der Waals surface area contributed by atoms with E-state index in [2.05, 4.69) is 33.6 Å². The molecule has 4 amide bonds. The molecule has 314 valence electrons. The van der Waals surface area contributed by atoms with Gasteiger partial charge in [-0.25, -0.2) is 19.2 Å². The molecule has 2 unspecified atom stereocenters. The minimum atomic E-state index is -0.985. The summed E-state index contributed by atoms with van der Waals surface area (Å²) in [6, 6.07) is -4.06. The van der Waals surface area contributed by atoms with Crippen molar-refractivity contribution in [3.8, 4) is 0 Å². The molecule has 5 heterocycles. The number of fused-ring (bicyclic) bond motifs is 2. The van der Waals surface area contributed by atoms with Gasteiger partial charge in [-0.2, -0.15) is 25.3 Å². The molecule has 0 saturated carbocycles. The van der Waals surface area contributed by atoms with Crippen LogP contribution in [0, 0.1) is 5.41 Å². The third-order valence-electron chi connectivity index (χ3n) is 9.74. The Morgan fingerprint density at radius 3 is 2.05 bits per heavy atom. The molecule has 21 heteroatoms. The standard InChI is InChI=1S/C36H51N7O12S2/c1-17(44)52-15-18-13-20(56)24-21(37-32(49)54-34(2,3)4)28(45)42(24)23(18)30(47)51-12-10-11-41-14-19(39-40-41)16-53-31(48)26-36(8,9)27(57)25-22(29(46)43(25)26)38-33(50)55-35(5,6)7/h14,20-22,24-27,56-57H,10-13,15-16H2,1-9H3,(H,37,49)(H,38,50)/t20?,21-,22-,24+,25-,26-,27?/m1/s1. The minimum Gasteiger partial charge on any atom is -0.461 e. The monoisotopic (exact) mass is 837 g/mol. The molecule has 0 radical (unpaired) electrons. The lowest BCUT2D eigenvalue weighted by molar-refractivity contribution is -0.166. The van der Waals surface area contributed by atoms with Crippen molar-refractivity contribution < 1.29 is 57.2 Å². The van der Waals surface area contributed by atoms with E-state index in [9.17, 15) is 33.6 Å². The van der Waals surface area contributed by atoms with E-state index in [-0.39, 0.29) is 44.9 Å². The van der Waals surface area contributed by atoms with E-state index >= 15 is 0 Å². The molecule has 7 atom stereocenters. The lowest BCUT2D eigenvalue weighted by Crippen LogP contribution is -2.75. The average molecular weight is 838 g/mol. The number of amides is 4. The number of carbonyl (C=O) groups excluding carboxylic acids is 7. The number of thiol groups is 2. The number of aromatic nitrogens is 3. The highest BCUT2D eigenvalue weighted by Gasteiger charge is 2.68. The molecule has 0 spiro atoms. The fourth-order valence-corrected chi connectivity index (χ4v) is 8.25. The number of nitrogens with one attached hydrogen (secondary N) is 2. The Kier molecular flexibility index (Phi) is 12.5. The lowest BCUT2D eigenvalue weighted by Gasteiger charge is -2.52. The molecular formula is C36H51N7O12S2.